The van der Waals surface area contributed by atoms with E-state index in [1.165, 1.54) is 19.1 Å². The van der Waals surface area contributed by atoms with Crippen LogP contribution in [-0.2, 0) is 28.0 Å². The number of fused-ring (bicyclic) bond motifs is 1. The Hall–Kier alpha value is -6.35. The highest BCUT2D eigenvalue weighted by molar-refractivity contribution is 6.31. The maximum atomic E-state index is 13.3. The van der Waals surface area contributed by atoms with Gasteiger partial charge in [0.1, 0.15) is 12.2 Å². The van der Waals surface area contributed by atoms with Gasteiger partial charge in [0, 0.05) is 65.7 Å². The lowest BCUT2D eigenvalue weighted by atomic mass is 10.0. The van der Waals surface area contributed by atoms with Crippen molar-refractivity contribution in [3.8, 4) is 34.0 Å². The summed E-state index contributed by atoms with van der Waals surface area (Å²) < 4.78 is 51.6. The standard InChI is InChI=1S/C37H28ClF3N10O2/c1-22-4-11-28(12-5-22)50-35(43-46-47-50)31-20-49(27-14-16-42-17-15-27)45-34(31)30-19-48(32-13-10-26(38)18-29(30)32)21-33-44-51(23(2)52)36(3,53-33)24-6-8-25(9-7-24)37(39,40)41/h4-20H,21H2,1-3H3. The predicted molar refractivity (Wildman–Crippen MR) is 190 cm³/mol. The lowest BCUT2D eigenvalue weighted by molar-refractivity contribution is -0.146. The fraction of sp³-hybridized carbons (Fsp3) is 0.162. The van der Waals surface area contributed by atoms with Crippen molar-refractivity contribution in [2.24, 2.45) is 5.10 Å². The summed E-state index contributed by atoms with van der Waals surface area (Å²) in [6, 6.07) is 21.4. The molecule has 0 fully saturated rings. The molecule has 12 nitrogen and oxygen atoms in total. The van der Waals surface area contributed by atoms with E-state index in [4.69, 9.17) is 21.4 Å². The number of hydrogen-bond donors (Lipinski definition) is 0. The first-order chi connectivity index (χ1) is 25.4. The van der Waals surface area contributed by atoms with Crippen LogP contribution in [0.5, 0.6) is 0 Å². The third-order valence-corrected chi connectivity index (χ3v) is 9.25. The number of pyridine rings is 1. The van der Waals surface area contributed by atoms with Gasteiger partial charge in [-0.15, -0.1) is 10.2 Å². The Morgan fingerprint density at radius 3 is 2.36 bits per heavy atom. The van der Waals surface area contributed by atoms with Crippen molar-refractivity contribution in [3.63, 3.8) is 0 Å². The van der Waals surface area contributed by atoms with Gasteiger partial charge in [-0.05, 0) is 71.9 Å². The Bertz CT molecular complexity index is 2530. The smallest absolute Gasteiger partial charge is 0.416 e. The molecule has 0 saturated carbocycles. The van der Waals surface area contributed by atoms with Gasteiger partial charge in [-0.1, -0.05) is 41.4 Å². The molecule has 1 amide bonds. The minimum Gasteiger partial charge on any atom is -0.446 e. The molecule has 0 spiro atoms. The van der Waals surface area contributed by atoms with E-state index in [2.05, 4.69) is 25.6 Å². The van der Waals surface area contributed by atoms with E-state index in [1.807, 2.05) is 72.4 Å². The number of alkyl halides is 3. The molecular formula is C37H28ClF3N10O2. The summed E-state index contributed by atoms with van der Waals surface area (Å²) in [6.45, 7) is 4.95. The van der Waals surface area contributed by atoms with Crippen LogP contribution in [0.15, 0.2) is 109 Å². The largest absolute Gasteiger partial charge is 0.446 e. The predicted octanol–water partition coefficient (Wildman–Crippen LogP) is 7.58. The van der Waals surface area contributed by atoms with Gasteiger partial charge in [0.15, 0.2) is 5.82 Å². The SMILES string of the molecule is CC(=O)N1N=C(Cn2cc(-c3nn(-c4ccncc4)cc3-c3nnnn3-c3ccc(C)cc3)c3cc(Cl)ccc32)OC1(C)c1ccc(C(F)(F)F)cc1. The summed E-state index contributed by atoms with van der Waals surface area (Å²) in [4.78, 5) is 17.0. The zero-order chi connectivity index (χ0) is 37.1. The van der Waals surface area contributed by atoms with Crippen molar-refractivity contribution in [2.45, 2.75) is 39.2 Å². The average molecular weight is 737 g/mol. The molecule has 1 aliphatic heterocycles. The number of aromatic nitrogens is 8. The Morgan fingerprint density at radius 2 is 1.66 bits per heavy atom. The minimum absolute atomic E-state index is 0.0552. The van der Waals surface area contributed by atoms with Crippen LogP contribution in [0.4, 0.5) is 13.2 Å². The molecule has 1 unspecified atom stereocenters. The summed E-state index contributed by atoms with van der Waals surface area (Å²) in [7, 11) is 0. The van der Waals surface area contributed by atoms with Gasteiger partial charge >= 0.3 is 6.18 Å². The normalized spacial score (nSPS) is 15.9. The van der Waals surface area contributed by atoms with E-state index in [9.17, 15) is 18.0 Å². The van der Waals surface area contributed by atoms with Crippen LogP contribution in [0.3, 0.4) is 0 Å². The number of rotatable bonds is 7. The lowest BCUT2D eigenvalue weighted by Gasteiger charge is -2.31. The van der Waals surface area contributed by atoms with Gasteiger partial charge in [0.25, 0.3) is 0 Å². The highest BCUT2D eigenvalue weighted by atomic mass is 35.5. The van der Waals surface area contributed by atoms with Gasteiger partial charge < -0.3 is 9.30 Å². The fourth-order valence-electron chi connectivity index (χ4n) is 6.40. The minimum atomic E-state index is -4.52. The number of halogens is 4. The second-order valence-electron chi connectivity index (χ2n) is 12.6. The molecule has 4 aromatic heterocycles. The Balaban J connectivity index is 1.23. The number of hydrazone groups is 1. The number of tetrazole rings is 1. The molecule has 0 saturated heterocycles. The van der Waals surface area contributed by atoms with Gasteiger partial charge in [-0.25, -0.2) is 4.68 Å². The molecule has 5 heterocycles. The second-order valence-corrected chi connectivity index (χ2v) is 13.0. The number of carbonyl (C=O) groups is 1. The van der Waals surface area contributed by atoms with E-state index < -0.39 is 23.4 Å². The number of amides is 1. The topological polar surface area (TPSA) is 121 Å². The first-order valence-corrected chi connectivity index (χ1v) is 16.7. The molecule has 8 rings (SSSR count). The zero-order valence-corrected chi connectivity index (χ0v) is 29.1. The molecule has 53 heavy (non-hydrogen) atoms. The second kappa shape index (κ2) is 12.7. The summed E-state index contributed by atoms with van der Waals surface area (Å²) in [5.74, 6) is 0.150. The highest BCUT2D eigenvalue weighted by Crippen LogP contribution is 2.40. The van der Waals surface area contributed by atoms with Crippen LogP contribution in [0.1, 0.15) is 30.5 Å². The van der Waals surface area contributed by atoms with Crippen LogP contribution < -0.4 is 0 Å². The van der Waals surface area contributed by atoms with Crippen molar-refractivity contribution in [1.82, 2.24) is 44.5 Å². The Morgan fingerprint density at radius 1 is 0.925 bits per heavy atom. The van der Waals surface area contributed by atoms with Crippen molar-refractivity contribution in [3.05, 3.63) is 125 Å². The molecule has 0 radical (unpaired) electrons. The third kappa shape index (κ3) is 6.08. The quantitative estimate of drug-likeness (QED) is 0.165. The summed E-state index contributed by atoms with van der Waals surface area (Å²) >= 11 is 6.57. The van der Waals surface area contributed by atoms with E-state index in [1.54, 1.807) is 34.7 Å². The molecule has 16 heteroatoms. The molecule has 3 aromatic carbocycles. The van der Waals surface area contributed by atoms with Crippen LogP contribution in [0.2, 0.25) is 5.02 Å². The molecule has 0 N–H and O–H groups in total. The van der Waals surface area contributed by atoms with Crippen LogP contribution in [0.25, 0.3) is 44.9 Å². The third-order valence-electron chi connectivity index (χ3n) is 9.01. The van der Waals surface area contributed by atoms with Crippen molar-refractivity contribution in [1.29, 1.82) is 0 Å². The fourth-order valence-corrected chi connectivity index (χ4v) is 6.57. The zero-order valence-electron chi connectivity index (χ0n) is 28.3. The molecule has 0 aliphatic carbocycles. The van der Waals surface area contributed by atoms with Gasteiger partial charge in [0.2, 0.25) is 17.5 Å². The first kappa shape index (κ1) is 33.8. The van der Waals surface area contributed by atoms with Crippen molar-refractivity contribution >= 4 is 34.3 Å². The molecular weight excluding hydrogens is 709 g/mol. The molecule has 7 aromatic rings. The van der Waals surface area contributed by atoms with E-state index in [0.717, 1.165) is 45.0 Å². The maximum Gasteiger partial charge on any atom is 0.416 e. The summed E-state index contributed by atoms with van der Waals surface area (Å²) in [6.07, 6.45) is 2.54. The number of hydrogen-bond acceptors (Lipinski definition) is 8. The van der Waals surface area contributed by atoms with Gasteiger partial charge in [-0.3, -0.25) is 9.78 Å². The number of aryl methyl sites for hydroxylation is 1. The number of nitrogens with zero attached hydrogens (tertiary/aromatic N) is 10. The maximum absolute atomic E-state index is 13.3. The van der Waals surface area contributed by atoms with E-state index >= 15 is 0 Å². The van der Waals surface area contributed by atoms with E-state index in [-0.39, 0.29) is 12.4 Å². The van der Waals surface area contributed by atoms with Gasteiger partial charge in [0.05, 0.1) is 22.5 Å². The van der Waals surface area contributed by atoms with Gasteiger partial charge in [-0.2, -0.15) is 28.0 Å². The monoisotopic (exact) mass is 736 g/mol. The van der Waals surface area contributed by atoms with Crippen molar-refractivity contribution in [2.75, 3.05) is 0 Å². The molecule has 1 atom stereocenters. The van der Waals surface area contributed by atoms with Crippen LogP contribution >= 0.6 is 11.6 Å². The van der Waals surface area contributed by atoms with E-state index in [0.29, 0.717) is 33.2 Å². The van der Waals surface area contributed by atoms with Crippen molar-refractivity contribution < 1.29 is 22.7 Å². The Labute approximate surface area is 304 Å². The summed E-state index contributed by atoms with van der Waals surface area (Å²) in [5.41, 5.74) is 3.21. The lowest BCUT2D eigenvalue weighted by Crippen LogP contribution is -2.41. The highest BCUT2D eigenvalue weighted by Gasteiger charge is 2.45. The average Bonchev–Trinajstić information content (AvgIpc) is 3.93. The first-order valence-electron chi connectivity index (χ1n) is 16.3. The van der Waals surface area contributed by atoms with Crippen LogP contribution in [0, 0.1) is 6.92 Å². The summed E-state index contributed by atoms with van der Waals surface area (Å²) in [5, 5.41) is 24.6. The Kier molecular flexibility index (Phi) is 8.09. The number of ether oxygens (including phenoxy) is 1. The molecule has 1 aliphatic rings. The molecule has 266 valence electrons. The van der Waals surface area contributed by atoms with Crippen LogP contribution in [-0.4, -0.2) is 56.4 Å². The number of carbonyl (C=O) groups excluding carboxylic acids is 1. The molecule has 0 bridgehead atoms. The number of benzene rings is 3.